The summed E-state index contributed by atoms with van der Waals surface area (Å²) >= 11 is 6.10. The normalized spacial score (nSPS) is 14.3. The number of H-pyrrole nitrogens is 1. The van der Waals surface area contributed by atoms with Gasteiger partial charge in [0.1, 0.15) is 6.67 Å². The van der Waals surface area contributed by atoms with E-state index in [1.807, 2.05) is 42.3 Å². The first kappa shape index (κ1) is 16.8. The van der Waals surface area contributed by atoms with Crippen molar-refractivity contribution in [1.29, 1.82) is 0 Å². The molecule has 1 atom stereocenters. The third-order valence-corrected chi connectivity index (χ3v) is 4.92. The Kier molecular flexibility index (Phi) is 4.49. The lowest BCUT2D eigenvalue weighted by molar-refractivity contribution is 0.178. The molecule has 0 saturated carbocycles. The van der Waals surface area contributed by atoms with Crippen molar-refractivity contribution in [3.63, 3.8) is 0 Å². The van der Waals surface area contributed by atoms with Crippen LogP contribution in [0.15, 0.2) is 53.7 Å². The molecule has 26 heavy (non-hydrogen) atoms. The summed E-state index contributed by atoms with van der Waals surface area (Å²) in [6, 6.07) is 13.6. The first-order valence-corrected chi connectivity index (χ1v) is 8.82. The SMILES string of the molecule is Cc1[nH]ncc1-c1ccc2c(c1)=NCN(C(CO)c1cccc(Cl)c1)C=2. The number of hydrogen-bond donors (Lipinski definition) is 2. The molecule has 0 amide bonds. The summed E-state index contributed by atoms with van der Waals surface area (Å²) in [5, 5.41) is 19.6. The Morgan fingerprint density at radius 1 is 1.27 bits per heavy atom. The molecule has 0 spiro atoms. The van der Waals surface area contributed by atoms with Crippen LogP contribution in [0.1, 0.15) is 17.3 Å². The van der Waals surface area contributed by atoms with Crippen LogP contribution in [0.3, 0.4) is 0 Å². The average Bonchev–Trinajstić information content (AvgIpc) is 3.08. The molecular formula is C20H19ClN4O. The van der Waals surface area contributed by atoms with Gasteiger partial charge in [0, 0.05) is 27.7 Å². The zero-order valence-electron chi connectivity index (χ0n) is 14.4. The summed E-state index contributed by atoms with van der Waals surface area (Å²) in [7, 11) is 0. The van der Waals surface area contributed by atoms with Gasteiger partial charge in [0.25, 0.3) is 0 Å². The Balaban J connectivity index is 1.69. The van der Waals surface area contributed by atoms with Crippen molar-refractivity contribution in [1.82, 2.24) is 15.1 Å². The van der Waals surface area contributed by atoms with Crippen molar-refractivity contribution in [2.45, 2.75) is 13.0 Å². The third-order valence-electron chi connectivity index (χ3n) is 4.69. The molecular weight excluding hydrogens is 348 g/mol. The molecule has 5 nitrogen and oxygen atoms in total. The van der Waals surface area contributed by atoms with E-state index >= 15 is 0 Å². The maximum atomic E-state index is 9.91. The lowest BCUT2D eigenvalue weighted by Crippen LogP contribution is -2.38. The minimum absolute atomic E-state index is 0.00596. The van der Waals surface area contributed by atoms with E-state index in [0.29, 0.717) is 11.7 Å². The van der Waals surface area contributed by atoms with Crippen molar-refractivity contribution in [3.05, 3.63) is 75.5 Å². The number of aromatic nitrogens is 2. The smallest absolute Gasteiger partial charge is 0.111 e. The summed E-state index contributed by atoms with van der Waals surface area (Å²) in [5.74, 6) is 0. The molecule has 2 N–H and O–H groups in total. The van der Waals surface area contributed by atoms with Gasteiger partial charge in [0.15, 0.2) is 0 Å². The number of aliphatic hydroxyl groups excluding tert-OH is 1. The molecule has 1 aromatic heterocycles. The molecule has 3 aromatic rings. The van der Waals surface area contributed by atoms with E-state index in [1.54, 1.807) is 0 Å². The van der Waals surface area contributed by atoms with E-state index in [2.05, 4.69) is 34.6 Å². The van der Waals surface area contributed by atoms with E-state index in [1.165, 1.54) is 0 Å². The zero-order valence-corrected chi connectivity index (χ0v) is 15.1. The van der Waals surface area contributed by atoms with Crippen molar-refractivity contribution >= 4 is 17.8 Å². The Morgan fingerprint density at radius 2 is 2.15 bits per heavy atom. The number of benzene rings is 2. The summed E-state index contributed by atoms with van der Waals surface area (Å²) in [5.41, 5.74) is 4.18. The Labute approximate surface area is 156 Å². The van der Waals surface area contributed by atoms with E-state index in [0.717, 1.165) is 33.0 Å². The van der Waals surface area contributed by atoms with E-state index in [4.69, 9.17) is 16.6 Å². The highest BCUT2D eigenvalue weighted by Crippen LogP contribution is 2.24. The first-order chi connectivity index (χ1) is 12.7. The molecule has 0 saturated heterocycles. The summed E-state index contributed by atoms with van der Waals surface area (Å²) in [4.78, 5) is 6.75. The number of aromatic amines is 1. The molecule has 4 rings (SSSR count). The predicted octanol–water partition coefficient (Wildman–Crippen LogP) is 2.40. The van der Waals surface area contributed by atoms with Gasteiger partial charge in [-0.15, -0.1) is 0 Å². The van der Waals surface area contributed by atoms with Crippen molar-refractivity contribution in [2.75, 3.05) is 13.3 Å². The van der Waals surface area contributed by atoms with Crippen LogP contribution in [-0.4, -0.2) is 33.5 Å². The molecule has 1 aliphatic rings. The monoisotopic (exact) mass is 366 g/mol. The number of nitrogens with one attached hydrogen (secondary N) is 1. The van der Waals surface area contributed by atoms with Crippen molar-refractivity contribution in [3.8, 4) is 11.1 Å². The van der Waals surface area contributed by atoms with Gasteiger partial charge in [0.05, 0.1) is 24.2 Å². The van der Waals surface area contributed by atoms with E-state index < -0.39 is 0 Å². The molecule has 132 valence electrons. The Hall–Kier alpha value is -2.63. The number of nitrogens with zero attached hydrogens (tertiary/aromatic N) is 3. The Bertz CT molecular complexity index is 1060. The van der Waals surface area contributed by atoms with Gasteiger partial charge < -0.3 is 10.0 Å². The fourth-order valence-electron chi connectivity index (χ4n) is 3.28. The molecule has 6 heteroatoms. The molecule has 0 aliphatic carbocycles. The Morgan fingerprint density at radius 3 is 2.88 bits per heavy atom. The second-order valence-electron chi connectivity index (χ2n) is 6.38. The molecule has 0 fully saturated rings. The molecule has 0 bridgehead atoms. The summed E-state index contributed by atoms with van der Waals surface area (Å²) in [6.45, 7) is 2.48. The fourth-order valence-corrected chi connectivity index (χ4v) is 3.48. The number of fused-ring (bicyclic) bond motifs is 1. The minimum atomic E-state index is -0.179. The third kappa shape index (κ3) is 3.11. The summed E-state index contributed by atoms with van der Waals surface area (Å²) < 4.78 is 0. The van der Waals surface area contributed by atoms with Crippen LogP contribution in [0.5, 0.6) is 0 Å². The molecule has 2 heterocycles. The van der Waals surface area contributed by atoms with Gasteiger partial charge >= 0.3 is 0 Å². The van der Waals surface area contributed by atoms with Crippen molar-refractivity contribution in [2.24, 2.45) is 4.99 Å². The lowest BCUT2D eigenvalue weighted by Gasteiger charge is -2.29. The number of hydrogen-bond acceptors (Lipinski definition) is 4. The zero-order chi connectivity index (χ0) is 18.1. The van der Waals surface area contributed by atoms with Crippen LogP contribution in [-0.2, 0) is 0 Å². The van der Waals surface area contributed by atoms with Crippen LogP contribution < -0.4 is 10.6 Å². The highest BCUT2D eigenvalue weighted by molar-refractivity contribution is 6.30. The number of rotatable bonds is 4. The van der Waals surface area contributed by atoms with Gasteiger partial charge in [-0.3, -0.25) is 10.1 Å². The quantitative estimate of drug-likeness (QED) is 0.745. The van der Waals surface area contributed by atoms with Gasteiger partial charge in [-0.25, -0.2) is 0 Å². The van der Waals surface area contributed by atoms with Gasteiger partial charge in [0.2, 0.25) is 0 Å². The molecule has 1 aliphatic heterocycles. The van der Waals surface area contributed by atoms with Gasteiger partial charge in [-0.05, 0) is 36.2 Å². The largest absolute Gasteiger partial charge is 0.394 e. The van der Waals surface area contributed by atoms with Gasteiger partial charge in [-0.2, -0.15) is 5.10 Å². The summed E-state index contributed by atoms with van der Waals surface area (Å²) in [6.07, 6.45) is 3.88. The standard InChI is InChI=1S/C20H19ClN4O/c1-13-18(9-23-24-13)14-5-6-16-10-25(12-22-19(16)8-14)20(11-26)15-3-2-4-17(21)7-15/h2-10,20,26H,11-12H2,1H3,(H,23,24). The lowest BCUT2D eigenvalue weighted by atomic mass is 10.0. The van der Waals surface area contributed by atoms with Crippen molar-refractivity contribution < 1.29 is 5.11 Å². The highest BCUT2D eigenvalue weighted by Gasteiger charge is 2.18. The second-order valence-corrected chi connectivity index (χ2v) is 6.81. The number of aryl methyl sites for hydroxylation is 1. The maximum absolute atomic E-state index is 9.91. The van der Waals surface area contributed by atoms with Crippen LogP contribution >= 0.6 is 11.6 Å². The van der Waals surface area contributed by atoms with Gasteiger partial charge in [-0.1, -0.05) is 35.9 Å². The predicted molar refractivity (Wildman–Crippen MR) is 102 cm³/mol. The first-order valence-electron chi connectivity index (χ1n) is 8.44. The molecule has 2 aromatic carbocycles. The van der Waals surface area contributed by atoms with Crippen LogP contribution in [0.4, 0.5) is 0 Å². The minimum Gasteiger partial charge on any atom is -0.394 e. The molecule has 1 unspecified atom stereocenters. The topological polar surface area (TPSA) is 64.5 Å². The van der Waals surface area contributed by atoms with E-state index in [-0.39, 0.29) is 12.6 Å². The second kappa shape index (κ2) is 6.94. The number of halogens is 1. The number of aliphatic hydroxyl groups is 1. The average molecular weight is 367 g/mol. The van der Waals surface area contributed by atoms with Crippen LogP contribution in [0, 0.1) is 6.92 Å². The fraction of sp³-hybridized carbons (Fsp3) is 0.200. The van der Waals surface area contributed by atoms with E-state index in [9.17, 15) is 5.11 Å². The molecule has 0 radical (unpaired) electrons. The van der Waals surface area contributed by atoms with Crippen LogP contribution in [0.25, 0.3) is 17.3 Å². The highest BCUT2D eigenvalue weighted by atomic mass is 35.5. The van der Waals surface area contributed by atoms with Crippen LogP contribution in [0.2, 0.25) is 5.02 Å². The maximum Gasteiger partial charge on any atom is 0.111 e.